The van der Waals surface area contributed by atoms with E-state index in [9.17, 15) is 4.79 Å². The number of nitrogens with zero attached hydrogens (tertiary/aromatic N) is 3. The van der Waals surface area contributed by atoms with E-state index in [1.54, 1.807) is 23.9 Å². The number of aryl methyl sites for hydroxylation is 1. The van der Waals surface area contributed by atoms with Crippen LogP contribution in [0.15, 0.2) is 27.7 Å². The molecule has 1 amide bonds. The Morgan fingerprint density at radius 1 is 1.50 bits per heavy atom. The zero-order valence-corrected chi connectivity index (χ0v) is 13.0. The molecule has 0 radical (unpaired) electrons. The van der Waals surface area contributed by atoms with Crippen LogP contribution in [-0.2, 0) is 7.05 Å². The van der Waals surface area contributed by atoms with Gasteiger partial charge in [-0.05, 0) is 37.9 Å². The van der Waals surface area contributed by atoms with Gasteiger partial charge in [0.25, 0.3) is 5.91 Å². The summed E-state index contributed by atoms with van der Waals surface area (Å²) in [5.41, 5.74) is 0.441. The monoisotopic (exact) mass is 392 g/mol. The Kier molecular flexibility index (Phi) is 4.04. The number of carbonyl (C=O) groups is 1. The average Bonchev–Trinajstić information content (AvgIpc) is 2.62. The molecule has 5 nitrogen and oxygen atoms in total. The SMILES string of the molecule is Cn1cc(Cl)cc1C(=O)Nc1ncc(Br)nc1Br. The first-order valence-electron chi connectivity index (χ1n) is 4.78. The van der Waals surface area contributed by atoms with Crippen LogP contribution in [0.1, 0.15) is 10.5 Å². The highest BCUT2D eigenvalue weighted by molar-refractivity contribution is 9.11. The van der Waals surface area contributed by atoms with E-state index in [2.05, 4.69) is 47.1 Å². The lowest BCUT2D eigenvalue weighted by molar-refractivity contribution is 0.101. The Morgan fingerprint density at radius 2 is 2.22 bits per heavy atom. The molecule has 0 saturated heterocycles. The number of aromatic nitrogens is 3. The van der Waals surface area contributed by atoms with Crippen molar-refractivity contribution in [3.63, 3.8) is 0 Å². The Bertz CT molecular complexity index is 614. The van der Waals surface area contributed by atoms with Crippen molar-refractivity contribution in [1.82, 2.24) is 14.5 Å². The lowest BCUT2D eigenvalue weighted by atomic mass is 10.4. The minimum atomic E-state index is -0.304. The third-order valence-electron chi connectivity index (χ3n) is 2.14. The second-order valence-corrected chi connectivity index (χ2v) is 5.44. The third kappa shape index (κ3) is 2.90. The summed E-state index contributed by atoms with van der Waals surface area (Å²) in [4.78, 5) is 20.1. The lowest BCUT2D eigenvalue weighted by Gasteiger charge is -2.06. The van der Waals surface area contributed by atoms with E-state index < -0.39 is 0 Å². The van der Waals surface area contributed by atoms with Gasteiger partial charge < -0.3 is 9.88 Å². The van der Waals surface area contributed by atoms with Crippen LogP contribution in [0.4, 0.5) is 5.82 Å². The van der Waals surface area contributed by atoms with Gasteiger partial charge in [-0.15, -0.1) is 0 Å². The Morgan fingerprint density at radius 3 is 2.78 bits per heavy atom. The first-order chi connectivity index (χ1) is 8.47. The summed E-state index contributed by atoms with van der Waals surface area (Å²) < 4.78 is 2.66. The molecule has 2 heterocycles. The first kappa shape index (κ1) is 13.5. The normalized spacial score (nSPS) is 10.4. The fraction of sp³-hybridized carbons (Fsp3) is 0.100. The molecule has 0 aliphatic rings. The molecule has 2 aromatic heterocycles. The van der Waals surface area contributed by atoms with Crippen LogP contribution in [0.2, 0.25) is 5.02 Å². The Hall–Kier alpha value is -0.920. The van der Waals surface area contributed by atoms with Gasteiger partial charge in [-0.1, -0.05) is 11.6 Å². The lowest BCUT2D eigenvalue weighted by Crippen LogP contribution is -2.16. The number of amides is 1. The quantitative estimate of drug-likeness (QED) is 0.851. The zero-order chi connectivity index (χ0) is 13.3. The Labute approximate surface area is 125 Å². The van der Waals surface area contributed by atoms with E-state index in [-0.39, 0.29) is 5.91 Å². The number of anilines is 1. The van der Waals surface area contributed by atoms with Crippen LogP contribution in [-0.4, -0.2) is 20.4 Å². The van der Waals surface area contributed by atoms with Crippen molar-refractivity contribution in [2.45, 2.75) is 0 Å². The maximum atomic E-state index is 12.0. The molecular formula is C10H7Br2ClN4O. The maximum Gasteiger partial charge on any atom is 0.273 e. The van der Waals surface area contributed by atoms with Crippen LogP contribution in [0, 0.1) is 0 Å². The summed E-state index contributed by atoms with van der Waals surface area (Å²) >= 11 is 12.2. The molecule has 2 rings (SSSR count). The first-order valence-corrected chi connectivity index (χ1v) is 6.75. The zero-order valence-electron chi connectivity index (χ0n) is 9.12. The molecule has 0 spiro atoms. The summed E-state index contributed by atoms with van der Waals surface area (Å²) in [7, 11) is 1.74. The number of nitrogens with one attached hydrogen (secondary N) is 1. The smallest absolute Gasteiger partial charge is 0.273 e. The molecule has 0 unspecified atom stereocenters. The van der Waals surface area contributed by atoms with Crippen molar-refractivity contribution in [3.05, 3.63) is 38.4 Å². The second-order valence-electron chi connectivity index (χ2n) is 3.44. The van der Waals surface area contributed by atoms with Crippen LogP contribution in [0.5, 0.6) is 0 Å². The van der Waals surface area contributed by atoms with Crippen molar-refractivity contribution in [3.8, 4) is 0 Å². The van der Waals surface area contributed by atoms with Gasteiger partial charge in [0, 0.05) is 13.2 Å². The molecule has 0 fully saturated rings. The second kappa shape index (κ2) is 5.38. The van der Waals surface area contributed by atoms with E-state index in [0.29, 0.717) is 25.7 Å². The number of hydrogen-bond acceptors (Lipinski definition) is 3. The highest BCUT2D eigenvalue weighted by Gasteiger charge is 2.14. The van der Waals surface area contributed by atoms with Gasteiger partial charge in [-0.2, -0.15) is 0 Å². The van der Waals surface area contributed by atoms with Crippen LogP contribution < -0.4 is 5.32 Å². The predicted molar refractivity (Wildman–Crippen MR) is 75.8 cm³/mol. The minimum Gasteiger partial charge on any atom is -0.345 e. The van der Waals surface area contributed by atoms with Gasteiger partial charge in [0.15, 0.2) is 5.82 Å². The molecule has 0 aliphatic heterocycles. The Balaban J connectivity index is 2.24. The van der Waals surface area contributed by atoms with Crippen molar-refractivity contribution in [2.75, 3.05) is 5.32 Å². The molecule has 1 N–H and O–H groups in total. The summed E-state index contributed by atoms with van der Waals surface area (Å²) in [6, 6.07) is 1.58. The maximum absolute atomic E-state index is 12.0. The molecule has 0 aliphatic carbocycles. The van der Waals surface area contributed by atoms with Gasteiger partial charge in [-0.3, -0.25) is 4.79 Å². The summed E-state index contributed by atoms with van der Waals surface area (Å²) in [6.07, 6.45) is 3.15. The van der Waals surface area contributed by atoms with Gasteiger partial charge in [0.05, 0.1) is 11.2 Å². The number of rotatable bonds is 2. The molecule has 8 heteroatoms. The summed E-state index contributed by atoms with van der Waals surface area (Å²) in [5, 5.41) is 3.15. The van der Waals surface area contributed by atoms with E-state index in [0.717, 1.165) is 0 Å². The fourth-order valence-corrected chi connectivity index (χ4v) is 2.51. The molecule has 18 heavy (non-hydrogen) atoms. The average molecular weight is 394 g/mol. The van der Waals surface area contributed by atoms with Crippen molar-refractivity contribution in [2.24, 2.45) is 7.05 Å². The highest BCUT2D eigenvalue weighted by Crippen LogP contribution is 2.20. The van der Waals surface area contributed by atoms with Gasteiger partial charge in [0.2, 0.25) is 0 Å². The van der Waals surface area contributed by atoms with Crippen LogP contribution in [0.25, 0.3) is 0 Å². The van der Waals surface area contributed by atoms with Gasteiger partial charge in [0.1, 0.15) is 14.9 Å². The van der Waals surface area contributed by atoms with Gasteiger partial charge in [-0.25, -0.2) is 9.97 Å². The summed E-state index contributed by atoms with van der Waals surface area (Å²) in [6.45, 7) is 0. The van der Waals surface area contributed by atoms with E-state index in [4.69, 9.17) is 11.6 Å². The van der Waals surface area contributed by atoms with E-state index in [1.807, 2.05) is 0 Å². The molecule has 0 aromatic carbocycles. The summed E-state index contributed by atoms with van der Waals surface area (Å²) in [5.74, 6) is 0.0437. The number of carbonyl (C=O) groups excluding carboxylic acids is 1. The predicted octanol–water partition coefficient (Wildman–Crippen LogP) is 3.25. The largest absolute Gasteiger partial charge is 0.345 e. The molecule has 94 valence electrons. The number of halogens is 3. The number of hydrogen-bond donors (Lipinski definition) is 1. The molecule has 0 saturated carbocycles. The third-order valence-corrected chi connectivity index (χ3v) is 3.28. The standard InChI is InChI=1S/C10H7Br2ClN4O/c1-17-4-5(13)2-6(17)10(18)16-9-8(12)15-7(11)3-14-9/h2-4H,1H3,(H,14,16,18). The fourth-order valence-electron chi connectivity index (χ4n) is 1.35. The van der Waals surface area contributed by atoms with Gasteiger partial charge >= 0.3 is 0 Å². The molecule has 0 atom stereocenters. The van der Waals surface area contributed by atoms with Crippen LogP contribution >= 0.6 is 43.5 Å². The molecule has 2 aromatic rings. The van der Waals surface area contributed by atoms with Crippen molar-refractivity contribution < 1.29 is 4.79 Å². The van der Waals surface area contributed by atoms with E-state index in [1.165, 1.54) is 6.20 Å². The minimum absolute atomic E-state index is 0.304. The topological polar surface area (TPSA) is 59.8 Å². The molecular weight excluding hydrogens is 387 g/mol. The van der Waals surface area contributed by atoms with Crippen molar-refractivity contribution >= 4 is 55.2 Å². The molecule has 0 bridgehead atoms. The highest BCUT2D eigenvalue weighted by atomic mass is 79.9. The van der Waals surface area contributed by atoms with Crippen LogP contribution in [0.3, 0.4) is 0 Å². The van der Waals surface area contributed by atoms with Crippen molar-refractivity contribution in [1.29, 1.82) is 0 Å². The van der Waals surface area contributed by atoms with E-state index >= 15 is 0 Å².